The van der Waals surface area contributed by atoms with Crippen LogP contribution in [0.2, 0.25) is 0 Å². The van der Waals surface area contributed by atoms with Gasteiger partial charge >= 0.3 is 0 Å². The number of benzene rings is 2. The van der Waals surface area contributed by atoms with Crippen LogP contribution in [0.1, 0.15) is 5.56 Å². The maximum absolute atomic E-state index is 11.3. The van der Waals surface area contributed by atoms with Gasteiger partial charge < -0.3 is 0 Å². The summed E-state index contributed by atoms with van der Waals surface area (Å²) in [4.78, 5) is 0.137. The fraction of sp³-hybridized carbons (Fsp3) is 0.0769. The summed E-state index contributed by atoms with van der Waals surface area (Å²) in [5.74, 6) is 0. The van der Waals surface area contributed by atoms with E-state index in [-0.39, 0.29) is 4.90 Å². The van der Waals surface area contributed by atoms with Gasteiger partial charge in [-0.1, -0.05) is 36.4 Å². The fourth-order valence-corrected chi connectivity index (χ4v) is 2.55. The van der Waals surface area contributed by atoms with E-state index < -0.39 is 9.05 Å². The molecule has 17 heavy (non-hydrogen) atoms. The summed E-state index contributed by atoms with van der Waals surface area (Å²) >= 11 is 0. The first-order valence-corrected chi connectivity index (χ1v) is 7.39. The predicted molar refractivity (Wildman–Crippen MR) is 69.7 cm³/mol. The van der Waals surface area contributed by atoms with Crippen LogP contribution in [0.4, 0.5) is 0 Å². The molecule has 0 aliphatic carbocycles. The van der Waals surface area contributed by atoms with Crippen molar-refractivity contribution in [2.45, 2.75) is 11.8 Å². The van der Waals surface area contributed by atoms with Gasteiger partial charge in [0.15, 0.2) is 0 Å². The number of halogens is 1. The Hall–Kier alpha value is -1.32. The van der Waals surface area contributed by atoms with E-state index in [9.17, 15) is 8.42 Å². The van der Waals surface area contributed by atoms with Gasteiger partial charge in [-0.25, -0.2) is 8.42 Å². The standard InChI is InChI=1S/C13H11ClO2S/c1-10-7-12(11-5-3-2-4-6-11)9-13(8-10)17(14,15)16/h2-9H,1H3. The smallest absolute Gasteiger partial charge is 0.207 e. The molecule has 0 fully saturated rings. The Balaban J connectivity index is 2.61. The molecule has 0 saturated carbocycles. The number of aryl methyl sites for hydroxylation is 1. The lowest BCUT2D eigenvalue weighted by Gasteiger charge is -2.05. The molecule has 2 nitrogen and oxygen atoms in total. The van der Waals surface area contributed by atoms with Gasteiger partial charge in [-0.2, -0.15) is 0 Å². The Morgan fingerprint density at radius 1 is 0.941 bits per heavy atom. The van der Waals surface area contributed by atoms with E-state index in [0.717, 1.165) is 16.7 Å². The summed E-state index contributed by atoms with van der Waals surface area (Å²) in [5, 5.41) is 0. The fourth-order valence-electron chi connectivity index (χ4n) is 1.69. The highest BCUT2D eigenvalue weighted by atomic mass is 35.7. The third-order valence-corrected chi connectivity index (χ3v) is 3.77. The van der Waals surface area contributed by atoms with Crippen molar-refractivity contribution in [1.82, 2.24) is 0 Å². The van der Waals surface area contributed by atoms with Crippen LogP contribution in [0.5, 0.6) is 0 Å². The number of hydrogen-bond acceptors (Lipinski definition) is 2. The summed E-state index contributed by atoms with van der Waals surface area (Å²) in [5.41, 5.74) is 2.69. The molecule has 0 saturated heterocycles. The minimum Gasteiger partial charge on any atom is -0.207 e. The Morgan fingerprint density at radius 3 is 2.18 bits per heavy atom. The summed E-state index contributed by atoms with van der Waals surface area (Å²) in [7, 11) is 1.68. The molecule has 0 aliphatic rings. The number of hydrogen-bond donors (Lipinski definition) is 0. The predicted octanol–water partition coefficient (Wildman–Crippen LogP) is 3.59. The van der Waals surface area contributed by atoms with Crippen LogP contribution >= 0.6 is 10.7 Å². The topological polar surface area (TPSA) is 34.1 Å². The van der Waals surface area contributed by atoms with E-state index in [1.54, 1.807) is 12.1 Å². The first kappa shape index (κ1) is 12.1. The molecule has 0 aliphatic heterocycles. The maximum atomic E-state index is 11.3. The van der Waals surface area contributed by atoms with Crippen molar-refractivity contribution >= 4 is 19.7 Å². The molecule has 0 bridgehead atoms. The summed E-state index contributed by atoms with van der Waals surface area (Å²) in [6.07, 6.45) is 0. The van der Waals surface area contributed by atoms with Gasteiger partial charge in [0.1, 0.15) is 0 Å². The minimum absolute atomic E-state index is 0.137. The number of rotatable bonds is 2. The third kappa shape index (κ3) is 2.87. The molecule has 0 radical (unpaired) electrons. The van der Waals surface area contributed by atoms with E-state index in [2.05, 4.69) is 0 Å². The summed E-state index contributed by atoms with van der Waals surface area (Å²) in [6, 6.07) is 14.7. The molecule has 4 heteroatoms. The second-order valence-electron chi connectivity index (χ2n) is 3.84. The molecule has 2 rings (SSSR count). The molecular formula is C13H11ClO2S. The van der Waals surface area contributed by atoms with Crippen LogP contribution in [-0.4, -0.2) is 8.42 Å². The molecular weight excluding hydrogens is 256 g/mol. The SMILES string of the molecule is Cc1cc(-c2ccccc2)cc(S(=O)(=O)Cl)c1. The maximum Gasteiger partial charge on any atom is 0.261 e. The van der Waals surface area contributed by atoms with E-state index in [4.69, 9.17) is 10.7 Å². The van der Waals surface area contributed by atoms with E-state index in [1.807, 2.05) is 43.3 Å². The zero-order valence-corrected chi connectivity index (χ0v) is 10.8. The third-order valence-electron chi connectivity index (χ3n) is 2.44. The molecule has 2 aromatic rings. The highest BCUT2D eigenvalue weighted by Gasteiger charge is 2.11. The molecule has 0 N–H and O–H groups in total. The van der Waals surface area contributed by atoms with Gasteiger partial charge in [-0.05, 0) is 35.7 Å². The van der Waals surface area contributed by atoms with Crippen LogP contribution in [0.3, 0.4) is 0 Å². The van der Waals surface area contributed by atoms with Crippen LogP contribution in [0.15, 0.2) is 53.4 Å². The quantitative estimate of drug-likeness (QED) is 0.779. The Morgan fingerprint density at radius 2 is 1.59 bits per heavy atom. The second kappa shape index (κ2) is 4.51. The molecule has 88 valence electrons. The van der Waals surface area contributed by atoms with Crippen LogP contribution in [0, 0.1) is 6.92 Å². The van der Waals surface area contributed by atoms with Gasteiger partial charge in [0.05, 0.1) is 4.90 Å². The van der Waals surface area contributed by atoms with Gasteiger partial charge in [0, 0.05) is 10.7 Å². The average Bonchev–Trinajstić information content (AvgIpc) is 2.28. The highest BCUT2D eigenvalue weighted by molar-refractivity contribution is 8.13. The van der Waals surface area contributed by atoms with Crippen LogP contribution in [0.25, 0.3) is 11.1 Å². The van der Waals surface area contributed by atoms with Crippen molar-refractivity contribution < 1.29 is 8.42 Å². The van der Waals surface area contributed by atoms with Crippen LogP contribution < -0.4 is 0 Å². The van der Waals surface area contributed by atoms with E-state index >= 15 is 0 Å². The van der Waals surface area contributed by atoms with Crippen molar-refractivity contribution in [1.29, 1.82) is 0 Å². The summed E-state index contributed by atoms with van der Waals surface area (Å²) in [6.45, 7) is 1.85. The van der Waals surface area contributed by atoms with Gasteiger partial charge in [0.25, 0.3) is 9.05 Å². The highest BCUT2D eigenvalue weighted by Crippen LogP contribution is 2.25. The normalized spacial score (nSPS) is 11.4. The van der Waals surface area contributed by atoms with Crippen molar-refractivity contribution in [3.8, 4) is 11.1 Å². The Kier molecular flexibility index (Phi) is 3.22. The van der Waals surface area contributed by atoms with Gasteiger partial charge in [-0.3, -0.25) is 0 Å². The average molecular weight is 267 g/mol. The Labute approximate surface area is 105 Å². The Bertz CT molecular complexity index is 634. The van der Waals surface area contributed by atoms with Crippen molar-refractivity contribution in [3.05, 3.63) is 54.1 Å². The second-order valence-corrected chi connectivity index (χ2v) is 6.40. The van der Waals surface area contributed by atoms with Crippen LogP contribution in [-0.2, 0) is 9.05 Å². The summed E-state index contributed by atoms with van der Waals surface area (Å²) < 4.78 is 22.7. The first-order valence-electron chi connectivity index (χ1n) is 5.08. The molecule has 0 heterocycles. The molecule has 0 spiro atoms. The van der Waals surface area contributed by atoms with Gasteiger partial charge in [0.2, 0.25) is 0 Å². The lowest BCUT2D eigenvalue weighted by molar-refractivity contribution is 0.609. The van der Waals surface area contributed by atoms with E-state index in [1.165, 1.54) is 0 Å². The molecule has 0 amide bonds. The minimum atomic E-state index is -3.68. The zero-order chi connectivity index (χ0) is 12.5. The van der Waals surface area contributed by atoms with Crippen molar-refractivity contribution in [3.63, 3.8) is 0 Å². The monoisotopic (exact) mass is 266 g/mol. The lowest BCUT2D eigenvalue weighted by Crippen LogP contribution is -1.92. The molecule has 0 unspecified atom stereocenters. The molecule has 0 aromatic heterocycles. The molecule has 2 aromatic carbocycles. The largest absolute Gasteiger partial charge is 0.261 e. The first-order chi connectivity index (χ1) is 7.97. The van der Waals surface area contributed by atoms with E-state index in [0.29, 0.717) is 0 Å². The van der Waals surface area contributed by atoms with Crippen molar-refractivity contribution in [2.75, 3.05) is 0 Å². The zero-order valence-electron chi connectivity index (χ0n) is 9.22. The molecule has 0 atom stereocenters. The van der Waals surface area contributed by atoms with Crippen molar-refractivity contribution in [2.24, 2.45) is 0 Å². The lowest BCUT2D eigenvalue weighted by atomic mass is 10.0. The van der Waals surface area contributed by atoms with Gasteiger partial charge in [-0.15, -0.1) is 0 Å².